The predicted octanol–water partition coefficient (Wildman–Crippen LogP) is 6.66. The van der Waals surface area contributed by atoms with Crippen LogP contribution in [0.3, 0.4) is 0 Å². The van der Waals surface area contributed by atoms with Crippen molar-refractivity contribution in [3.8, 4) is 28.4 Å². The molecule has 2 aliphatic rings. The third-order valence-corrected chi connectivity index (χ3v) is 8.56. The first kappa shape index (κ1) is 31.0. The second-order valence-corrected chi connectivity index (χ2v) is 11.8. The van der Waals surface area contributed by atoms with Crippen LogP contribution in [0.5, 0.6) is 17.2 Å². The van der Waals surface area contributed by atoms with Gasteiger partial charge in [-0.05, 0) is 64.2 Å². The molecule has 242 valence electrons. The summed E-state index contributed by atoms with van der Waals surface area (Å²) in [5.74, 6) is 2.15. The zero-order valence-electron chi connectivity index (χ0n) is 26.4. The molecular weight excluding hydrogens is 604 g/mol. The van der Waals surface area contributed by atoms with Crippen LogP contribution in [0.2, 0.25) is 0 Å². The number of aliphatic hydroxyl groups excluding tert-OH is 1. The van der Waals surface area contributed by atoms with Crippen LogP contribution in [-0.2, 0) is 22.5 Å². The summed E-state index contributed by atoms with van der Waals surface area (Å²) in [6, 6.07) is 41.4. The Balaban J connectivity index is 1.26. The molecule has 2 heterocycles. The standard InChI is InChI=1S/C40H36N2O6/c43-22-7-23-45-34-19-17-33(18-20-34)38-42-40(25-28-8-3-1-4-9-28,39(44)41-26-29-12-21-35-36(24-29)47-27-46-35)37(48-38)32-15-13-31(14-16-32)30-10-5-2-6-11-30/h1-6,8-21,24,37,43H,7,22-23,25-27H2,(H,41,44)/t37-,40-/m1/s1. The van der Waals surface area contributed by atoms with Gasteiger partial charge in [-0.3, -0.25) is 4.79 Å². The Morgan fingerprint density at radius 2 is 1.48 bits per heavy atom. The molecular formula is C40H36N2O6. The number of amides is 1. The fourth-order valence-corrected chi connectivity index (χ4v) is 6.06. The van der Waals surface area contributed by atoms with Gasteiger partial charge in [0.1, 0.15) is 5.75 Å². The van der Waals surface area contributed by atoms with Crippen LogP contribution >= 0.6 is 0 Å². The van der Waals surface area contributed by atoms with Crippen molar-refractivity contribution in [2.24, 2.45) is 4.99 Å². The quantitative estimate of drug-likeness (QED) is 0.148. The molecule has 0 bridgehead atoms. The van der Waals surface area contributed by atoms with E-state index >= 15 is 0 Å². The first-order chi connectivity index (χ1) is 23.6. The largest absolute Gasteiger partial charge is 0.494 e. The van der Waals surface area contributed by atoms with Gasteiger partial charge in [0, 0.05) is 31.6 Å². The lowest BCUT2D eigenvalue weighted by Crippen LogP contribution is -2.49. The van der Waals surface area contributed by atoms with E-state index in [2.05, 4.69) is 29.6 Å². The smallest absolute Gasteiger partial charge is 0.252 e. The number of carbonyl (C=O) groups is 1. The van der Waals surface area contributed by atoms with Gasteiger partial charge in [0.2, 0.25) is 12.7 Å². The van der Waals surface area contributed by atoms with E-state index in [0.29, 0.717) is 42.6 Å². The van der Waals surface area contributed by atoms with Gasteiger partial charge >= 0.3 is 0 Å². The highest BCUT2D eigenvalue weighted by Crippen LogP contribution is 2.43. The fourth-order valence-electron chi connectivity index (χ4n) is 6.06. The van der Waals surface area contributed by atoms with Crippen molar-refractivity contribution in [2.75, 3.05) is 20.0 Å². The molecule has 2 aliphatic heterocycles. The van der Waals surface area contributed by atoms with E-state index in [0.717, 1.165) is 33.4 Å². The van der Waals surface area contributed by atoms with Crippen molar-refractivity contribution >= 4 is 11.8 Å². The Kier molecular flexibility index (Phi) is 9.07. The molecule has 0 aliphatic carbocycles. The van der Waals surface area contributed by atoms with Gasteiger partial charge in [-0.25, -0.2) is 4.99 Å². The van der Waals surface area contributed by atoms with Crippen molar-refractivity contribution in [3.63, 3.8) is 0 Å². The maximum absolute atomic E-state index is 14.6. The molecule has 5 aromatic rings. The summed E-state index contributed by atoms with van der Waals surface area (Å²) in [4.78, 5) is 19.8. The van der Waals surface area contributed by atoms with Gasteiger partial charge in [0.15, 0.2) is 23.1 Å². The van der Waals surface area contributed by atoms with Gasteiger partial charge in [0.25, 0.3) is 5.91 Å². The number of aliphatic hydroxyl groups is 1. The van der Waals surface area contributed by atoms with Crippen molar-refractivity contribution in [3.05, 3.63) is 150 Å². The molecule has 7 rings (SSSR count). The van der Waals surface area contributed by atoms with Crippen molar-refractivity contribution in [1.82, 2.24) is 5.32 Å². The van der Waals surface area contributed by atoms with E-state index in [1.54, 1.807) is 0 Å². The summed E-state index contributed by atoms with van der Waals surface area (Å²) in [6.45, 7) is 0.936. The normalized spacial score (nSPS) is 17.8. The van der Waals surface area contributed by atoms with Crippen LogP contribution < -0.4 is 19.5 Å². The average molecular weight is 641 g/mol. The van der Waals surface area contributed by atoms with Gasteiger partial charge in [0.05, 0.1) is 6.61 Å². The Morgan fingerprint density at radius 1 is 0.792 bits per heavy atom. The van der Waals surface area contributed by atoms with Crippen LogP contribution in [0.25, 0.3) is 11.1 Å². The van der Waals surface area contributed by atoms with Crippen LogP contribution in [0.1, 0.15) is 34.8 Å². The Morgan fingerprint density at radius 3 is 2.23 bits per heavy atom. The fraction of sp³-hybridized carbons (Fsp3) is 0.200. The van der Waals surface area contributed by atoms with Crippen LogP contribution in [0.4, 0.5) is 0 Å². The lowest BCUT2D eigenvalue weighted by Gasteiger charge is -2.31. The molecule has 48 heavy (non-hydrogen) atoms. The highest BCUT2D eigenvalue weighted by Gasteiger charge is 2.53. The molecule has 2 atom stereocenters. The van der Waals surface area contributed by atoms with Crippen LogP contribution in [0.15, 0.2) is 132 Å². The first-order valence-electron chi connectivity index (χ1n) is 16.1. The third kappa shape index (κ3) is 6.61. The molecule has 0 radical (unpaired) electrons. The van der Waals surface area contributed by atoms with E-state index in [-0.39, 0.29) is 25.9 Å². The molecule has 1 amide bonds. The summed E-state index contributed by atoms with van der Waals surface area (Å²) in [6.07, 6.45) is 0.151. The maximum atomic E-state index is 14.6. The number of rotatable bonds is 12. The van der Waals surface area contributed by atoms with E-state index in [1.165, 1.54) is 0 Å². The number of fused-ring (bicyclic) bond motifs is 1. The summed E-state index contributed by atoms with van der Waals surface area (Å²) < 4.78 is 23.5. The number of nitrogens with zero attached hydrogens (tertiary/aromatic N) is 1. The Labute approximate surface area is 279 Å². The molecule has 0 spiro atoms. The molecule has 0 fully saturated rings. The van der Waals surface area contributed by atoms with Crippen molar-refractivity contribution in [2.45, 2.75) is 31.0 Å². The lowest BCUT2D eigenvalue weighted by atomic mass is 9.81. The van der Waals surface area contributed by atoms with E-state index < -0.39 is 11.6 Å². The van der Waals surface area contributed by atoms with Crippen LogP contribution in [-0.4, -0.2) is 42.5 Å². The highest BCUT2D eigenvalue weighted by molar-refractivity contribution is 6.01. The summed E-state index contributed by atoms with van der Waals surface area (Å²) in [5.41, 5.74) is 4.26. The Bertz CT molecular complexity index is 1880. The van der Waals surface area contributed by atoms with Gasteiger partial charge in [-0.1, -0.05) is 91.0 Å². The lowest BCUT2D eigenvalue weighted by molar-refractivity contribution is -0.129. The molecule has 5 aromatic carbocycles. The SMILES string of the molecule is O=C(NCc1ccc2c(c1)OCO2)[C@]1(Cc2ccccc2)N=C(c2ccc(OCCCO)cc2)O[C@@H]1c1ccc(-c2ccccc2)cc1. The third-order valence-electron chi connectivity index (χ3n) is 8.56. The molecule has 0 unspecified atom stereocenters. The minimum absolute atomic E-state index is 0.0661. The molecule has 0 aromatic heterocycles. The average Bonchev–Trinajstić information content (AvgIpc) is 3.77. The second-order valence-electron chi connectivity index (χ2n) is 11.8. The zero-order valence-corrected chi connectivity index (χ0v) is 26.4. The molecule has 8 nitrogen and oxygen atoms in total. The van der Waals surface area contributed by atoms with Crippen molar-refractivity contribution < 1.29 is 28.8 Å². The van der Waals surface area contributed by atoms with Crippen LogP contribution in [0, 0.1) is 0 Å². The topological polar surface area (TPSA) is 98.6 Å². The maximum Gasteiger partial charge on any atom is 0.252 e. The number of benzene rings is 5. The Hall–Kier alpha value is -5.60. The number of aliphatic imine (C=N–C) groups is 1. The first-order valence-corrected chi connectivity index (χ1v) is 16.1. The number of carbonyl (C=O) groups excluding carboxylic acids is 1. The van der Waals surface area contributed by atoms with E-state index in [9.17, 15) is 4.79 Å². The second kappa shape index (κ2) is 14.0. The van der Waals surface area contributed by atoms with Gasteiger partial charge in [-0.2, -0.15) is 0 Å². The van der Waals surface area contributed by atoms with Gasteiger partial charge < -0.3 is 29.4 Å². The summed E-state index contributed by atoms with van der Waals surface area (Å²) in [5, 5.41) is 12.3. The molecule has 2 N–H and O–H groups in total. The van der Waals surface area contributed by atoms with Gasteiger partial charge in [-0.15, -0.1) is 0 Å². The summed E-state index contributed by atoms with van der Waals surface area (Å²) >= 11 is 0. The highest BCUT2D eigenvalue weighted by atomic mass is 16.7. The van der Waals surface area contributed by atoms with E-state index in [4.69, 9.17) is 29.0 Å². The zero-order chi connectivity index (χ0) is 32.8. The number of ether oxygens (including phenoxy) is 4. The summed E-state index contributed by atoms with van der Waals surface area (Å²) in [7, 11) is 0. The monoisotopic (exact) mass is 640 g/mol. The number of hydrogen-bond acceptors (Lipinski definition) is 7. The number of hydrogen-bond donors (Lipinski definition) is 2. The molecule has 0 saturated carbocycles. The minimum atomic E-state index is -1.32. The minimum Gasteiger partial charge on any atom is -0.494 e. The molecule has 0 saturated heterocycles. The molecule has 8 heteroatoms. The van der Waals surface area contributed by atoms with Crippen molar-refractivity contribution in [1.29, 1.82) is 0 Å². The van der Waals surface area contributed by atoms with E-state index in [1.807, 2.05) is 103 Å². The predicted molar refractivity (Wildman–Crippen MR) is 183 cm³/mol. The number of nitrogens with one attached hydrogen (secondary N) is 1.